The Labute approximate surface area is 112 Å². The third-order valence-electron chi connectivity index (χ3n) is 2.60. The lowest BCUT2D eigenvalue weighted by molar-refractivity contribution is 0.0686. The summed E-state index contributed by atoms with van der Waals surface area (Å²) in [6.45, 7) is 0. The standard InChI is InChI=1S/C13H10BrNO3/c1-15-7-8(6-11(15)13(17)18)12(16)9-4-2-3-5-10(9)14/h2-7H,1H3,(H,17,18). The van der Waals surface area contributed by atoms with Crippen LogP contribution in [0.2, 0.25) is 0 Å². The lowest BCUT2D eigenvalue weighted by Crippen LogP contribution is -2.02. The van der Waals surface area contributed by atoms with E-state index < -0.39 is 5.97 Å². The van der Waals surface area contributed by atoms with Crippen LogP contribution in [0.1, 0.15) is 26.4 Å². The van der Waals surface area contributed by atoms with Gasteiger partial charge in [-0.3, -0.25) is 4.79 Å². The van der Waals surface area contributed by atoms with Crippen molar-refractivity contribution in [1.29, 1.82) is 0 Å². The van der Waals surface area contributed by atoms with Crippen LogP contribution < -0.4 is 0 Å². The van der Waals surface area contributed by atoms with Gasteiger partial charge in [-0.25, -0.2) is 4.79 Å². The van der Waals surface area contributed by atoms with Crippen molar-refractivity contribution in [3.05, 3.63) is 57.8 Å². The van der Waals surface area contributed by atoms with Crippen LogP contribution in [0.5, 0.6) is 0 Å². The molecular weight excluding hydrogens is 298 g/mol. The van der Waals surface area contributed by atoms with Gasteiger partial charge in [0.1, 0.15) is 5.69 Å². The first kappa shape index (κ1) is 12.6. The van der Waals surface area contributed by atoms with E-state index in [0.717, 1.165) is 0 Å². The molecule has 0 aliphatic rings. The molecule has 5 heteroatoms. The molecule has 18 heavy (non-hydrogen) atoms. The number of ketones is 1. The summed E-state index contributed by atoms with van der Waals surface area (Å²) in [6, 6.07) is 8.42. The fraction of sp³-hybridized carbons (Fsp3) is 0.0769. The third-order valence-corrected chi connectivity index (χ3v) is 3.30. The van der Waals surface area contributed by atoms with E-state index in [4.69, 9.17) is 5.11 Å². The van der Waals surface area contributed by atoms with Crippen molar-refractivity contribution in [3.8, 4) is 0 Å². The van der Waals surface area contributed by atoms with Gasteiger partial charge in [0.25, 0.3) is 0 Å². The molecule has 4 nitrogen and oxygen atoms in total. The minimum absolute atomic E-state index is 0.0883. The number of carboxylic acids is 1. The predicted octanol–water partition coefficient (Wildman–Crippen LogP) is 2.72. The number of nitrogens with zero attached hydrogens (tertiary/aromatic N) is 1. The summed E-state index contributed by atoms with van der Waals surface area (Å²) in [7, 11) is 1.60. The monoisotopic (exact) mass is 307 g/mol. The molecule has 0 aliphatic heterocycles. The lowest BCUT2D eigenvalue weighted by Gasteiger charge is -2.00. The largest absolute Gasteiger partial charge is 0.477 e. The summed E-state index contributed by atoms with van der Waals surface area (Å²) in [5.41, 5.74) is 0.965. The van der Waals surface area contributed by atoms with Crippen LogP contribution in [0.25, 0.3) is 0 Å². The second-order valence-corrected chi connectivity index (χ2v) is 4.69. The van der Waals surface area contributed by atoms with Crippen LogP contribution in [0.3, 0.4) is 0 Å². The van der Waals surface area contributed by atoms with Gasteiger partial charge in [-0.1, -0.05) is 28.1 Å². The average Bonchev–Trinajstić information content (AvgIpc) is 2.71. The minimum atomic E-state index is -1.05. The van der Waals surface area contributed by atoms with Crippen LogP contribution in [-0.4, -0.2) is 21.4 Å². The summed E-state index contributed by atoms with van der Waals surface area (Å²) in [5.74, 6) is -1.26. The quantitative estimate of drug-likeness (QED) is 0.887. The Morgan fingerprint density at radius 3 is 2.50 bits per heavy atom. The van der Waals surface area contributed by atoms with E-state index in [-0.39, 0.29) is 11.5 Å². The number of hydrogen-bond acceptors (Lipinski definition) is 2. The number of carboxylic acid groups (broad SMARTS) is 1. The smallest absolute Gasteiger partial charge is 0.352 e. The number of carbonyl (C=O) groups is 2. The Kier molecular flexibility index (Phi) is 3.34. The lowest BCUT2D eigenvalue weighted by atomic mass is 10.1. The number of carbonyl (C=O) groups excluding carboxylic acids is 1. The molecule has 0 spiro atoms. The molecule has 0 fully saturated rings. The topological polar surface area (TPSA) is 59.3 Å². The number of aromatic nitrogens is 1. The minimum Gasteiger partial charge on any atom is -0.477 e. The zero-order chi connectivity index (χ0) is 13.3. The summed E-state index contributed by atoms with van der Waals surface area (Å²) in [4.78, 5) is 23.1. The first-order valence-corrected chi connectivity index (χ1v) is 5.99. The van der Waals surface area contributed by atoms with E-state index in [9.17, 15) is 9.59 Å². The van der Waals surface area contributed by atoms with Crippen LogP contribution in [0.15, 0.2) is 41.0 Å². The highest BCUT2D eigenvalue weighted by molar-refractivity contribution is 9.10. The second kappa shape index (κ2) is 4.78. The van der Waals surface area contributed by atoms with E-state index in [2.05, 4.69) is 15.9 Å². The molecule has 0 unspecified atom stereocenters. The SMILES string of the molecule is Cn1cc(C(=O)c2ccccc2Br)cc1C(=O)O. The van der Waals surface area contributed by atoms with Crippen molar-refractivity contribution in [3.63, 3.8) is 0 Å². The molecule has 2 rings (SSSR count). The maximum absolute atomic E-state index is 12.2. The Morgan fingerprint density at radius 2 is 1.94 bits per heavy atom. The maximum atomic E-state index is 12.2. The van der Waals surface area contributed by atoms with E-state index >= 15 is 0 Å². The fourth-order valence-corrected chi connectivity index (χ4v) is 2.17. The van der Waals surface area contributed by atoms with Gasteiger partial charge < -0.3 is 9.67 Å². The van der Waals surface area contributed by atoms with Crippen LogP contribution in [-0.2, 0) is 7.05 Å². The number of benzene rings is 1. The van der Waals surface area contributed by atoms with Crippen molar-refractivity contribution in [2.24, 2.45) is 7.05 Å². The summed E-state index contributed by atoms with van der Waals surface area (Å²) >= 11 is 3.30. The molecular formula is C13H10BrNO3. The molecule has 2 aromatic rings. The third kappa shape index (κ3) is 2.22. The Balaban J connectivity index is 2.44. The molecule has 1 aromatic carbocycles. The van der Waals surface area contributed by atoms with Crippen LogP contribution in [0.4, 0.5) is 0 Å². The zero-order valence-electron chi connectivity index (χ0n) is 9.55. The maximum Gasteiger partial charge on any atom is 0.352 e. The first-order chi connectivity index (χ1) is 8.50. The summed E-state index contributed by atoms with van der Waals surface area (Å²) < 4.78 is 2.11. The van der Waals surface area contributed by atoms with Crippen molar-refractivity contribution < 1.29 is 14.7 Å². The zero-order valence-corrected chi connectivity index (χ0v) is 11.1. The van der Waals surface area contributed by atoms with E-state index in [0.29, 0.717) is 15.6 Å². The molecule has 0 atom stereocenters. The normalized spacial score (nSPS) is 10.3. The fourth-order valence-electron chi connectivity index (χ4n) is 1.70. The molecule has 92 valence electrons. The second-order valence-electron chi connectivity index (χ2n) is 3.84. The van der Waals surface area contributed by atoms with Crippen molar-refractivity contribution >= 4 is 27.7 Å². The highest BCUT2D eigenvalue weighted by atomic mass is 79.9. The number of halogens is 1. The number of rotatable bonds is 3. The van der Waals surface area contributed by atoms with Gasteiger partial charge in [0.15, 0.2) is 5.78 Å². The summed E-state index contributed by atoms with van der Waals surface area (Å²) in [6.07, 6.45) is 1.52. The van der Waals surface area contributed by atoms with Gasteiger partial charge in [-0.05, 0) is 18.2 Å². The number of hydrogen-bond donors (Lipinski definition) is 1. The molecule has 0 saturated carbocycles. The molecule has 1 heterocycles. The number of aromatic carboxylic acids is 1. The van der Waals surface area contributed by atoms with Gasteiger partial charge >= 0.3 is 5.97 Å². The van der Waals surface area contributed by atoms with Gasteiger partial charge in [0, 0.05) is 28.8 Å². The average molecular weight is 308 g/mol. The highest BCUT2D eigenvalue weighted by Gasteiger charge is 2.17. The van der Waals surface area contributed by atoms with E-state index in [1.165, 1.54) is 16.8 Å². The Morgan fingerprint density at radius 1 is 1.28 bits per heavy atom. The van der Waals surface area contributed by atoms with E-state index in [1.807, 2.05) is 6.07 Å². The van der Waals surface area contributed by atoms with E-state index in [1.54, 1.807) is 25.2 Å². The van der Waals surface area contributed by atoms with Gasteiger partial charge in [0.05, 0.1) is 0 Å². The molecule has 0 radical (unpaired) electrons. The van der Waals surface area contributed by atoms with Crippen LogP contribution in [0, 0.1) is 0 Å². The Hall–Kier alpha value is -1.88. The van der Waals surface area contributed by atoms with Gasteiger partial charge in [-0.2, -0.15) is 0 Å². The molecule has 1 N–H and O–H groups in total. The van der Waals surface area contributed by atoms with Crippen LogP contribution >= 0.6 is 15.9 Å². The van der Waals surface area contributed by atoms with Gasteiger partial charge in [-0.15, -0.1) is 0 Å². The number of aryl methyl sites for hydroxylation is 1. The van der Waals surface area contributed by atoms with Crippen molar-refractivity contribution in [2.45, 2.75) is 0 Å². The van der Waals surface area contributed by atoms with Crippen molar-refractivity contribution in [2.75, 3.05) is 0 Å². The molecule has 0 amide bonds. The van der Waals surface area contributed by atoms with Gasteiger partial charge in [0.2, 0.25) is 0 Å². The predicted molar refractivity (Wildman–Crippen MR) is 69.9 cm³/mol. The first-order valence-electron chi connectivity index (χ1n) is 5.19. The summed E-state index contributed by atoms with van der Waals surface area (Å²) in [5, 5.41) is 8.94. The molecule has 0 aliphatic carbocycles. The highest BCUT2D eigenvalue weighted by Crippen LogP contribution is 2.20. The molecule has 0 bridgehead atoms. The Bertz CT molecular complexity index is 631. The van der Waals surface area contributed by atoms with Crippen molar-refractivity contribution in [1.82, 2.24) is 4.57 Å². The molecule has 1 aromatic heterocycles. The molecule has 0 saturated heterocycles.